The van der Waals surface area contributed by atoms with E-state index in [1.165, 1.54) is 0 Å². The standard InChI is InChI=1S/C15H20N4O2/c1-4-19(5-2)18-17-13-11-9-7-8-10-12(11)16-14(13)15(20)21-6-3/h7-10,16H,4-6H2,1-3H3. The van der Waals surface area contributed by atoms with Gasteiger partial charge in [0.15, 0.2) is 5.69 Å². The Morgan fingerprint density at radius 1 is 1.24 bits per heavy atom. The second-order valence-corrected chi connectivity index (χ2v) is 4.44. The van der Waals surface area contributed by atoms with E-state index in [4.69, 9.17) is 4.74 Å². The number of aromatic nitrogens is 1. The Kier molecular flexibility index (Phi) is 4.92. The third-order valence-corrected chi connectivity index (χ3v) is 3.16. The van der Waals surface area contributed by atoms with E-state index in [9.17, 15) is 4.79 Å². The van der Waals surface area contributed by atoms with Crippen LogP contribution < -0.4 is 0 Å². The summed E-state index contributed by atoms with van der Waals surface area (Å²) in [4.78, 5) is 15.1. The number of fused-ring (bicyclic) bond motifs is 1. The fourth-order valence-corrected chi connectivity index (χ4v) is 2.04. The topological polar surface area (TPSA) is 70.0 Å². The lowest BCUT2D eigenvalue weighted by Crippen LogP contribution is -2.14. The molecule has 6 heteroatoms. The molecule has 0 aliphatic heterocycles. The number of H-pyrrole nitrogens is 1. The molecule has 0 fully saturated rings. The molecule has 0 spiro atoms. The highest BCUT2D eigenvalue weighted by Gasteiger charge is 2.18. The second-order valence-electron chi connectivity index (χ2n) is 4.44. The summed E-state index contributed by atoms with van der Waals surface area (Å²) in [5.74, 6) is -0.415. The molecule has 1 aromatic heterocycles. The number of ether oxygens (including phenoxy) is 1. The Morgan fingerprint density at radius 3 is 2.62 bits per heavy atom. The molecule has 2 aromatic rings. The number of carbonyl (C=O) groups excluding carboxylic acids is 1. The fourth-order valence-electron chi connectivity index (χ4n) is 2.04. The molecule has 0 aliphatic carbocycles. The Bertz CT molecular complexity index is 644. The lowest BCUT2D eigenvalue weighted by atomic mass is 10.2. The molecule has 21 heavy (non-hydrogen) atoms. The van der Waals surface area contributed by atoms with Crippen molar-refractivity contribution in [1.82, 2.24) is 9.99 Å². The smallest absolute Gasteiger partial charge is 0.357 e. The maximum absolute atomic E-state index is 12.1. The van der Waals surface area contributed by atoms with Crippen LogP contribution in [0, 0.1) is 0 Å². The molecular weight excluding hydrogens is 268 g/mol. The number of rotatable bonds is 6. The molecule has 0 unspecified atom stereocenters. The second kappa shape index (κ2) is 6.88. The van der Waals surface area contributed by atoms with E-state index < -0.39 is 5.97 Å². The summed E-state index contributed by atoms with van der Waals surface area (Å²) in [5, 5.41) is 11.1. The average Bonchev–Trinajstić information content (AvgIpc) is 2.87. The maximum atomic E-state index is 12.1. The lowest BCUT2D eigenvalue weighted by Gasteiger charge is -2.11. The summed E-state index contributed by atoms with van der Waals surface area (Å²) in [6.07, 6.45) is 0. The van der Waals surface area contributed by atoms with Crippen molar-refractivity contribution in [2.45, 2.75) is 20.8 Å². The molecule has 112 valence electrons. The number of nitrogens with one attached hydrogen (secondary N) is 1. The van der Waals surface area contributed by atoms with Gasteiger partial charge in [-0.2, -0.15) is 0 Å². The monoisotopic (exact) mass is 288 g/mol. The van der Waals surface area contributed by atoms with Crippen molar-refractivity contribution in [3.8, 4) is 0 Å². The zero-order valence-electron chi connectivity index (χ0n) is 12.6. The lowest BCUT2D eigenvalue weighted by molar-refractivity contribution is 0.0521. The van der Waals surface area contributed by atoms with Gasteiger partial charge < -0.3 is 9.72 Å². The van der Waals surface area contributed by atoms with E-state index in [2.05, 4.69) is 15.3 Å². The van der Waals surface area contributed by atoms with Crippen LogP contribution in [0.5, 0.6) is 0 Å². The molecule has 0 saturated carbocycles. The summed E-state index contributed by atoms with van der Waals surface area (Å²) in [7, 11) is 0. The number of esters is 1. The fraction of sp³-hybridized carbons (Fsp3) is 0.400. The van der Waals surface area contributed by atoms with Gasteiger partial charge in [-0.25, -0.2) is 4.79 Å². The van der Waals surface area contributed by atoms with Gasteiger partial charge in [-0.1, -0.05) is 23.4 Å². The first-order valence-corrected chi connectivity index (χ1v) is 7.15. The normalized spacial score (nSPS) is 11.2. The minimum atomic E-state index is -0.415. The van der Waals surface area contributed by atoms with Crippen molar-refractivity contribution >= 4 is 22.6 Å². The Labute approximate surface area is 123 Å². The van der Waals surface area contributed by atoms with Crippen molar-refractivity contribution in [3.05, 3.63) is 30.0 Å². The number of benzene rings is 1. The predicted octanol–water partition coefficient (Wildman–Crippen LogP) is 3.69. The van der Waals surface area contributed by atoms with E-state index in [0.717, 1.165) is 24.0 Å². The van der Waals surface area contributed by atoms with E-state index in [1.54, 1.807) is 6.92 Å². The van der Waals surface area contributed by atoms with Gasteiger partial charge in [0.05, 0.1) is 6.61 Å². The van der Waals surface area contributed by atoms with Crippen LogP contribution >= 0.6 is 0 Å². The zero-order chi connectivity index (χ0) is 15.2. The molecule has 6 nitrogen and oxygen atoms in total. The summed E-state index contributed by atoms with van der Waals surface area (Å²) >= 11 is 0. The Hall–Kier alpha value is -2.37. The summed E-state index contributed by atoms with van der Waals surface area (Å²) in [6, 6.07) is 7.61. The van der Waals surface area contributed by atoms with Crippen molar-refractivity contribution in [1.29, 1.82) is 0 Å². The number of hydrogen-bond donors (Lipinski definition) is 1. The third-order valence-electron chi connectivity index (χ3n) is 3.16. The van der Waals surface area contributed by atoms with Crippen molar-refractivity contribution < 1.29 is 9.53 Å². The molecule has 0 amide bonds. The zero-order valence-corrected chi connectivity index (χ0v) is 12.6. The van der Waals surface area contributed by atoms with E-state index >= 15 is 0 Å². The van der Waals surface area contributed by atoms with Crippen molar-refractivity contribution in [3.63, 3.8) is 0 Å². The number of carbonyl (C=O) groups is 1. The molecule has 0 radical (unpaired) electrons. The van der Waals surface area contributed by atoms with Crippen LogP contribution in [-0.4, -0.2) is 35.7 Å². The van der Waals surface area contributed by atoms with Gasteiger partial charge in [-0.05, 0) is 26.8 Å². The molecule has 0 atom stereocenters. The number of hydrogen-bond acceptors (Lipinski definition) is 4. The molecule has 1 heterocycles. The van der Waals surface area contributed by atoms with E-state index in [1.807, 2.05) is 43.1 Å². The van der Waals surface area contributed by atoms with Crippen LogP contribution in [0.3, 0.4) is 0 Å². The highest BCUT2D eigenvalue weighted by molar-refractivity contribution is 6.04. The predicted molar refractivity (Wildman–Crippen MR) is 81.7 cm³/mol. The minimum Gasteiger partial charge on any atom is -0.461 e. The van der Waals surface area contributed by atoms with Crippen LogP contribution in [0.25, 0.3) is 10.9 Å². The van der Waals surface area contributed by atoms with Gasteiger partial charge in [-0.15, -0.1) is 5.11 Å². The summed E-state index contributed by atoms with van der Waals surface area (Å²) < 4.78 is 5.07. The van der Waals surface area contributed by atoms with Crippen LogP contribution in [0.15, 0.2) is 34.6 Å². The van der Waals surface area contributed by atoms with Gasteiger partial charge >= 0.3 is 5.97 Å². The average molecular weight is 288 g/mol. The van der Waals surface area contributed by atoms with Crippen molar-refractivity contribution in [2.75, 3.05) is 19.7 Å². The van der Waals surface area contributed by atoms with Gasteiger partial charge in [0.2, 0.25) is 0 Å². The first-order valence-electron chi connectivity index (χ1n) is 7.15. The number of para-hydroxylation sites is 1. The maximum Gasteiger partial charge on any atom is 0.357 e. The van der Waals surface area contributed by atoms with Crippen molar-refractivity contribution in [2.24, 2.45) is 10.3 Å². The molecule has 0 saturated heterocycles. The van der Waals surface area contributed by atoms with Gasteiger partial charge in [0.1, 0.15) is 5.69 Å². The Morgan fingerprint density at radius 2 is 1.95 bits per heavy atom. The largest absolute Gasteiger partial charge is 0.461 e. The highest BCUT2D eigenvalue weighted by atomic mass is 16.5. The molecule has 0 bridgehead atoms. The molecular formula is C15H20N4O2. The highest BCUT2D eigenvalue weighted by Crippen LogP contribution is 2.31. The van der Waals surface area contributed by atoms with Gasteiger partial charge in [-0.3, -0.25) is 5.01 Å². The summed E-state index contributed by atoms with van der Waals surface area (Å²) in [5.41, 5.74) is 1.71. The Balaban J connectivity index is 2.47. The molecule has 1 N–H and O–H groups in total. The van der Waals surface area contributed by atoms with Crippen LogP contribution in [0.2, 0.25) is 0 Å². The molecule has 2 rings (SSSR count). The van der Waals surface area contributed by atoms with Gasteiger partial charge in [0.25, 0.3) is 0 Å². The minimum absolute atomic E-state index is 0.320. The number of aromatic amines is 1. The molecule has 1 aromatic carbocycles. The number of nitrogens with zero attached hydrogens (tertiary/aromatic N) is 3. The quantitative estimate of drug-likeness (QED) is 0.500. The van der Waals surface area contributed by atoms with Crippen LogP contribution in [-0.2, 0) is 4.74 Å². The van der Waals surface area contributed by atoms with Crippen LogP contribution in [0.4, 0.5) is 5.69 Å². The third kappa shape index (κ3) is 3.21. The van der Waals surface area contributed by atoms with Gasteiger partial charge in [0, 0.05) is 24.0 Å². The van der Waals surface area contributed by atoms with E-state index in [0.29, 0.717) is 18.0 Å². The van der Waals surface area contributed by atoms with E-state index in [-0.39, 0.29) is 0 Å². The first kappa shape index (κ1) is 15.0. The van der Waals surface area contributed by atoms with Crippen LogP contribution in [0.1, 0.15) is 31.3 Å². The first-order chi connectivity index (χ1) is 10.2. The summed E-state index contributed by atoms with van der Waals surface area (Å²) in [6.45, 7) is 7.63. The SMILES string of the molecule is CCOC(=O)c1[nH]c2ccccc2c1N=NN(CC)CC. The molecule has 0 aliphatic rings.